The maximum absolute atomic E-state index is 12.0. The van der Waals surface area contributed by atoms with Crippen LogP contribution in [0.15, 0.2) is 22.7 Å². The number of aryl methyl sites for hydroxylation is 1. The number of halogens is 1. The van der Waals surface area contributed by atoms with Gasteiger partial charge in [-0.15, -0.1) is 0 Å². The van der Waals surface area contributed by atoms with Crippen molar-refractivity contribution in [3.63, 3.8) is 0 Å². The lowest BCUT2D eigenvalue weighted by molar-refractivity contribution is 0.0947. The summed E-state index contributed by atoms with van der Waals surface area (Å²) in [6.07, 6.45) is 3.65. The van der Waals surface area contributed by atoms with Gasteiger partial charge in [-0.1, -0.05) is 22.4 Å². The number of piperidine rings is 1. The van der Waals surface area contributed by atoms with Gasteiger partial charge in [0.25, 0.3) is 5.91 Å². The molecule has 0 radical (unpaired) electrons. The highest BCUT2D eigenvalue weighted by molar-refractivity contribution is 9.10. The number of hydrogen-bond acceptors (Lipinski definition) is 2. The van der Waals surface area contributed by atoms with Crippen LogP contribution < -0.4 is 10.6 Å². The highest BCUT2D eigenvalue weighted by atomic mass is 79.9. The third-order valence-corrected chi connectivity index (χ3v) is 3.68. The molecule has 0 aromatic heterocycles. The Morgan fingerprint density at radius 2 is 2.28 bits per heavy atom. The molecule has 1 aromatic rings. The fourth-order valence-corrected chi connectivity index (χ4v) is 2.89. The van der Waals surface area contributed by atoms with Crippen molar-refractivity contribution in [2.24, 2.45) is 0 Å². The summed E-state index contributed by atoms with van der Waals surface area (Å²) in [5, 5.41) is 6.43. The van der Waals surface area contributed by atoms with Crippen molar-refractivity contribution in [2.45, 2.75) is 32.2 Å². The predicted octanol–water partition coefficient (Wildman–Crippen LogP) is 2.63. The van der Waals surface area contributed by atoms with Crippen LogP contribution in [0, 0.1) is 6.92 Å². The largest absolute Gasteiger partial charge is 0.350 e. The Morgan fingerprint density at radius 1 is 1.44 bits per heavy atom. The van der Waals surface area contributed by atoms with E-state index < -0.39 is 0 Å². The first kappa shape index (κ1) is 13.6. The summed E-state index contributed by atoms with van der Waals surface area (Å²) < 4.78 is 0.948. The summed E-state index contributed by atoms with van der Waals surface area (Å²) in [6, 6.07) is 6.20. The van der Waals surface area contributed by atoms with Crippen LogP contribution in [0.4, 0.5) is 0 Å². The molecule has 1 amide bonds. The molecule has 18 heavy (non-hydrogen) atoms. The first-order chi connectivity index (χ1) is 8.65. The summed E-state index contributed by atoms with van der Waals surface area (Å²) in [4.78, 5) is 12.0. The van der Waals surface area contributed by atoms with Gasteiger partial charge in [-0.05, 0) is 50.1 Å². The quantitative estimate of drug-likeness (QED) is 0.901. The second kappa shape index (κ2) is 6.34. The molecule has 1 unspecified atom stereocenters. The van der Waals surface area contributed by atoms with Gasteiger partial charge in [-0.2, -0.15) is 0 Å². The van der Waals surface area contributed by atoms with Gasteiger partial charge in [-0.3, -0.25) is 4.79 Å². The Bertz CT molecular complexity index is 408. The van der Waals surface area contributed by atoms with Gasteiger partial charge < -0.3 is 10.6 Å². The average molecular weight is 311 g/mol. The van der Waals surface area contributed by atoms with Crippen molar-refractivity contribution in [1.82, 2.24) is 10.6 Å². The Balaban J connectivity index is 1.90. The number of rotatable bonds is 3. The molecule has 1 aromatic carbocycles. The van der Waals surface area contributed by atoms with E-state index in [2.05, 4.69) is 26.6 Å². The standard InChI is InChI=1S/C14H19BrN2O/c1-10-6-11(8-12(15)7-10)14(18)17-9-13-4-2-3-5-16-13/h6-8,13,16H,2-5,9H2,1H3,(H,17,18). The Labute approximate surface area is 116 Å². The molecule has 0 saturated carbocycles. The van der Waals surface area contributed by atoms with Gasteiger partial charge in [0.15, 0.2) is 0 Å². The van der Waals surface area contributed by atoms with Crippen molar-refractivity contribution in [3.05, 3.63) is 33.8 Å². The molecule has 1 saturated heterocycles. The molecular weight excluding hydrogens is 292 g/mol. The van der Waals surface area contributed by atoms with Crippen LogP contribution in [0.2, 0.25) is 0 Å². The van der Waals surface area contributed by atoms with Crippen molar-refractivity contribution >= 4 is 21.8 Å². The molecule has 1 aliphatic rings. The third-order valence-electron chi connectivity index (χ3n) is 3.23. The fourth-order valence-electron chi connectivity index (χ4n) is 2.28. The molecule has 0 aliphatic carbocycles. The minimum Gasteiger partial charge on any atom is -0.350 e. The van der Waals surface area contributed by atoms with E-state index in [0.717, 1.165) is 28.6 Å². The molecule has 1 atom stereocenters. The molecule has 98 valence electrons. The summed E-state index contributed by atoms with van der Waals surface area (Å²) in [6.45, 7) is 3.77. The topological polar surface area (TPSA) is 41.1 Å². The minimum atomic E-state index is 0.00627. The number of carbonyl (C=O) groups excluding carboxylic acids is 1. The zero-order chi connectivity index (χ0) is 13.0. The second-order valence-corrected chi connectivity index (χ2v) is 5.79. The summed E-state index contributed by atoms with van der Waals surface area (Å²) in [5.74, 6) is 0.00627. The predicted molar refractivity (Wildman–Crippen MR) is 76.9 cm³/mol. The highest BCUT2D eigenvalue weighted by Gasteiger charge is 2.14. The van der Waals surface area contributed by atoms with Crippen LogP contribution in [0.25, 0.3) is 0 Å². The lowest BCUT2D eigenvalue weighted by Gasteiger charge is -2.23. The molecule has 1 heterocycles. The van der Waals surface area contributed by atoms with Gasteiger partial charge in [-0.25, -0.2) is 0 Å². The Morgan fingerprint density at radius 3 is 2.94 bits per heavy atom. The van der Waals surface area contributed by atoms with Gasteiger partial charge in [0.1, 0.15) is 0 Å². The Hall–Kier alpha value is -0.870. The van der Waals surface area contributed by atoms with E-state index in [4.69, 9.17) is 0 Å². The van der Waals surface area contributed by atoms with Crippen LogP contribution in [0.5, 0.6) is 0 Å². The molecule has 1 aliphatic heterocycles. The van der Waals surface area contributed by atoms with Gasteiger partial charge in [0.05, 0.1) is 0 Å². The van der Waals surface area contributed by atoms with Crippen LogP contribution in [-0.4, -0.2) is 25.0 Å². The van der Waals surface area contributed by atoms with Gasteiger partial charge in [0, 0.05) is 22.6 Å². The normalized spacial score (nSPS) is 19.6. The summed E-state index contributed by atoms with van der Waals surface area (Å²) in [7, 11) is 0. The van der Waals surface area contributed by atoms with Gasteiger partial charge in [0.2, 0.25) is 0 Å². The maximum atomic E-state index is 12.0. The molecule has 3 nitrogen and oxygen atoms in total. The van der Waals surface area contributed by atoms with Crippen molar-refractivity contribution in [1.29, 1.82) is 0 Å². The SMILES string of the molecule is Cc1cc(Br)cc(C(=O)NCC2CCCCN2)c1. The fraction of sp³-hybridized carbons (Fsp3) is 0.500. The minimum absolute atomic E-state index is 0.00627. The molecule has 1 fully saturated rings. The molecule has 2 N–H and O–H groups in total. The van der Waals surface area contributed by atoms with E-state index in [-0.39, 0.29) is 5.91 Å². The van der Waals surface area contributed by atoms with Crippen LogP contribution in [0.3, 0.4) is 0 Å². The lowest BCUT2D eigenvalue weighted by Crippen LogP contribution is -2.43. The van der Waals surface area contributed by atoms with E-state index in [1.807, 2.05) is 25.1 Å². The first-order valence-corrected chi connectivity index (χ1v) is 7.23. The maximum Gasteiger partial charge on any atom is 0.251 e. The molecule has 4 heteroatoms. The highest BCUT2D eigenvalue weighted by Crippen LogP contribution is 2.15. The molecular formula is C14H19BrN2O. The van der Waals surface area contributed by atoms with Crippen molar-refractivity contribution < 1.29 is 4.79 Å². The van der Waals surface area contributed by atoms with E-state index in [1.165, 1.54) is 12.8 Å². The summed E-state index contributed by atoms with van der Waals surface area (Å²) in [5.41, 5.74) is 1.81. The van der Waals surface area contributed by atoms with Crippen LogP contribution in [-0.2, 0) is 0 Å². The number of nitrogens with one attached hydrogen (secondary N) is 2. The monoisotopic (exact) mass is 310 g/mol. The number of carbonyl (C=O) groups is 1. The smallest absolute Gasteiger partial charge is 0.251 e. The summed E-state index contributed by atoms with van der Waals surface area (Å²) >= 11 is 3.42. The van der Waals surface area contributed by atoms with E-state index in [9.17, 15) is 4.79 Å². The number of amides is 1. The average Bonchev–Trinajstić information content (AvgIpc) is 2.36. The van der Waals surface area contributed by atoms with E-state index in [1.54, 1.807) is 0 Å². The number of benzene rings is 1. The Kier molecular flexibility index (Phi) is 4.78. The third kappa shape index (κ3) is 3.82. The molecule has 0 bridgehead atoms. The first-order valence-electron chi connectivity index (χ1n) is 6.44. The van der Waals surface area contributed by atoms with Crippen LogP contribution in [0.1, 0.15) is 35.2 Å². The second-order valence-electron chi connectivity index (χ2n) is 4.87. The van der Waals surface area contributed by atoms with E-state index >= 15 is 0 Å². The van der Waals surface area contributed by atoms with Crippen LogP contribution >= 0.6 is 15.9 Å². The number of hydrogen-bond donors (Lipinski definition) is 2. The molecule has 2 rings (SSSR count). The zero-order valence-electron chi connectivity index (χ0n) is 10.6. The van der Waals surface area contributed by atoms with E-state index in [0.29, 0.717) is 12.6 Å². The van der Waals surface area contributed by atoms with Crippen molar-refractivity contribution in [3.8, 4) is 0 Å². The zero-order valence-corrected chi connectivity index (χ0v) is 12.2. The lowest BCUT2D eigenvalue weighted by atomic mass is 10.0. The van der Waals surface area contributed by atoms with Crippen molar-refractivity contribution in [2.75, 3.05) is 13.1 Å². The van der Waals surface area contributed by atoms with Gasteiger partial charge >= 0.3 is 0 Å². The molecule has 0 spiro atoms.